The maximum Gasteiger partial charge on any atom is 0.255 e. The van der Waals surface area contributed by atoms with Gasteiger partial charge in [0.2, 0.25) is 5.91 Å². The van der Waals surface area contributed by atoms with Crippen molar-refractivity contribution in [2.24, 2.45) is 0 Å². The molecule has 0 saturated carbocycles. The van der Waals surface area contributed by atoms with Gasteiger partial charge in [0.25, 0.3) is 5.91 Å². The van der Waals surface area contributed by atoms with E-state index in [1.54, 1.807) is 0 Å². The van der Waals surface area contributed by atoms with E-state index in [9.17, 15) is 9.59 Å². The molecule has 4 aromatic rings. The highest BCUT2D eigenvalue weighted by molar-refractivity contribution is 8.00. The summed E-state index contributed by atoms with van der Waals surface area (Å²) in [5, 5.41) is 5.60. The van der Waals surface area contributed by atoms with Crippen molar-refractivity contribution in [3.63, 3.8) is 0 Å². The standard InChI is InChI=1S/C30H28N2O2S/c1-20-12-15-24(16-13-20)29(33)31-25-10-7-11-26(19-25)35-28(23-8-5-4-6-9-23)30(34)32-27-17-14-21(2)18-22(27)3/h4-19,28H,1-3H3,(H,31,33)(H,32,34). The Morgan fingerprint density at radius 3 is 2.14 bits per heavy atom. The highest BCUT2D eigenvalue weighted by Gasteiger charge is 2.23. The van der Waals surface area contributed by atoms with E-state index in [1.807, 2.05) is 112 Å². The van der Waals surface area contributed by atoms with Crippen LogP contribution in [0.2, 0.25) is 0 Å². The van der Waals surface area contributed by atoms with Crippen molar-refractivity contribution in [2.45, 2.75) is 30.9 Å². The van der Waals surface area contributed by atoms with Gasteiger partial charge >= 0.3 is 0 Å². The fourth-order valence-corrected chi connectivity index (χ4v) is 4.83. The molecule has 0 fully saturated rings. The van der Waals surface area contributed by atoms with Crippen LogP contribution in [0.1, 0.15) is 37.9 Å². The molecule has 2 N–H and O–H groups in total. The van der Waals surface area contributed by atoms with Crippen LogP contribution in [-0.2, 0) is 4.79 Å². The molecule has 0 aliphatic heterocycles. The Bertz CT molecular complexity index is 1330. The van der Waals surface area contributed by atoms with Crippen molar-refractivity contribution in [1.29, 1.82) is 0 Å². The molecule has 5 heteroatoms. The zero-order chi connectivity index (χ0) is 24.8. The summed E-state index contributed by atoms with van der Waals surface area (Å²) in [5.41, 5.74) is 6.28. The summed E-state index contributed by atoms with van der Waals surface area (Å²) in [6.45, 7) is 6.02. The summed E-state index contributed by atoms with van der Waals surface area (Å²) in [6, 6.07) is 30.8. The van der Waals surface area contributed by atoms with Gasteiger partial charge in [-0.1, -0.05) is 71.8 Å². The minimum Gasteiger partial charge on any atom is -0.325 e. The summed E-state index contributed by atoms with van der Waals surface area (Å²) in [6.07, 6.45) is 0. The number of rotatable bonds is 7. The van der Waals surface area contributed by atoms with Crippen LogP contribution < -0.4 is 10.6 Å². The van der Waals surface area contributed by atoms with E-state index < -0.39 is 5.25 Å². The summed E-state index contributed by atoms with van der Waals surface area (Å²) in [4.78, 5) is 27.0. The van der Waals surface area contributed by atoms with E-state index in [4.69, 9.17) is 0 Å². The molecule has 0 aliphatic carbocycles. The molecule has 0 spiro atoms. The smallest absolute Gasteiger partial charge is 0.255 e. The maximum atomic E-state index is 13.4. The first-order valence-corrected chi connectivity index (χ1v) is 12.3. The molecular formula is C30H28N2O2S. The van der Waals surface area contributed by atoms with Gasteiger partial charge < -0.3 is 10.6 Å². The van der Waals surface area contributed by atoms with Crippen LogP contribution in [0.5, 0.6) is 0 Å². The van der Waals surface area contributed by atoms with Crippen LogP contribution >= 0.6 is 11.8 Å². The number of thioether (sulfide) groups is 1. The fraction of sp³-hybridized carbons (Fsp3) is 0.133. The number of carbonyl (C=O) groups is 2. The summed E-state index contributed by atoms with van der Waals surface area (Å²) >= 11 is 1.45. The van der Waals surface area contributed by atoms with Crippen LogP contribution in [0.3, 0.4) is 0 Å². The number of aryl methyl sites for hydroxylation is 3. The van der Waals surface area contributed by atoms with Gasteiger partial charge in [-0.15, -0.1) is 11.8 Å². The number of carbonyl (C=O) groups excluding carboxylic acids is 2. The lowest BCUT2D eigenvalue weighted by atomic mass is 10.1. The lowest BCUT2D eigenvalue weighted by Crippen LogP contribution is -2.19. The maximum absolute atomic E-state index is 13.4. The second-order valence-corrected chi connectivity index (χ2v) is 9.74. The SMILES string of the molecule is Cc1ccc(C(=O)Nc2cccc(SC(C(=O)Nc3ccc(C)cc3C)c3ccccc3)c2)cc1. The molecular weight excluding hydrogens is 452 g/mol. The van der Waals surface area contributed by atoms with Crippen molar-refractivity contribution in [1.82, 2.24) is 0 Å². The van der Waals surface area contributed by atoms with Crippen molar-refractivity contribution in [2.75, 3.05) is 10.6 Å². The number of hydrogen-bond acceptors (Lipinski definition) is 3. The Morgan fingerprint density at radius 2 is 1.43 bits per heavy atom. The van der Waals surface area contributed by atoms with Crippen molar-refractivity contribution in [3.05, 3.63) is 125 Å². The molecule has 35 heavy (non-hydrogen) atoms. The first-order valence-electron chi connectivity index (χ1n) is 11.5. The van der Waals surface area contributed by atoms with E-state index >= 15 is 0 Å². The minimum atomic E-state index is -0.458. The summed E-state index contributed by atoms with van der Waals surface area (Å²) in [5.74, 6) is -0.262. The van der Waals surface area contributed by atoms with Crippen LogP contribution in [0, 0.1) is 20.8 Å². The van der Waals surface area contributed by atoms with Crippen molar-refractivity contribution >= 4 is 35.0 Å². The normalized spacial score (nSPS) is 11.5. The van der Waals surface area contributed by atoms with E-state index in [0.29, 0.717) is 11.3 Å². The highest BCUT2D eigenvalue weighted by Crippen LogP contribution is 2.37. The summed E-state index contributed by atoms with van der Waals surface area (Å²) < 4.78 is 0. The third-order valence-corrected chi connectivity index (χ3v) is 6.89. The second kappa shape index (κ2) is 11.1. The lowest BCUT2D eigenvalue weighted by molar-refractivity contribution is -0.115. The van der Waals surface area contributed by atoms with Gasteiger partial charge in [-0.2, -0.15) is 0 Å². The third kappa shape index (κ3) is 6.40. The lowest BCUT2D eigenvalue weighted by Gasteiger charge is -2.18. The predicted octanol–water partition coefficient (Wildman–Crippen LogP) is 7.34. The number of benzene rings is 4. The van der Waals surface area contributed by atoms with Gasteiger partial charge in [0.1, 0.15) is 5.25 Å². The first kappa shape index (κ1) is 24.3. The predicted molar refractivity (Wildman–Crippen MR) is 145 cm³/mol. The molecule has 0 heterocycles. The highest BCUT2D eigenvalue weighted by atomic mass is 32.2. The number of amides is 2. The quantitative estimate of drug-likeness (QED) is 0.272. The molecule has 4 aromatic carbocycles. The Kier molecular flexibility index (Phi) is 7.68. The zero-order valence-corrected chi connectivity index (χ0v) is 20.9. The largest absolute Gasteiger partial charge is 0.325 e. The van der Waals surface area contributed by atoms with Crippen LogP contribution in [0.15, 0.2) is 102 Å². The van der Waals surface area contributed by atoms with Gasteiger partial charge in [-0.05, 0) is 68.3 Å². The molecule has 0 bridgehead atoms. The third-order valence-electron chi connectivity index (χ3n) is 5.64. The van der Waals surface area contributed by atoms with Gasteiger partial charge in [-0.3, -0.25) is 9.59 Å². The van der Waals surface area contributed by atoms with Gasteiger partial charge in [0.05, 0.1) is 0 Å². The Labute approximate surface area is 210 Å². The van der Waals surface area contributed by atoms with Crippen LogP contribution in [0.25, 0.3) is 0 Å². The molecule has 1 unspecified atom stereocenters. The molecule has 2 amide bonds. The van der Waals surface area contributed by atoms with Crippen LogP contribution in [-0.4, -0.2) is 11.8 Å². The van der Waals surface area contributed by atoms with E-state index in [1.165, 1.54) is 11.8 Å². The van der Waals surface area contributed by atoms with E-state index in [-0.39, 0.29) is 11.8 Å². The Morgan fingerprint density at radius 1 is 0.714 bits per heavy atom. The minimum absolute atomic E-state index is 0.0951. The monoisotopic (exact) mass is 480 g/mol. The Balaban J connectivity index is 1.55. The molecule has 176 valence electrons. The molecule has 0 saturated heterocycles. The van der Waals surface area contributed by atoms with Crippen molar-refractivity contribution < 1.29 is 9.59 Å². The fourth-order valence-electron chi connectivity index (χ4n) is 3.74. The van der Waals surface area contributed by atoms with E-state index in [0.717, 1.165) is 32.8 Å². The first-order chi connectivity index (χ1) is 16.9. The van der Waals surface area contributed by atoms with E-state index in [2.05, 4.69) is 16.7 Å². The number of anilines is 2. The molecule has 0 aliphatic rings. The molecule has 0 aromatic heterocycles. The molecule has 0 radical (unpaired) electrons. The van der Waals surface area contributed by atoms with Gasteiger partial charge in [0.15, 0.2) is 0 Å². The molecule has 4 rings (SSSR count). The van der Waals surface area contributed by atoms with Crippen LogP contribution in [0.4, 0.5) is 11.4 Å². The Hall–Kier alpha value is -3.83. The number of nitrogens with one attached hydrogen (secondary N) is 2. The molecule has 4 nitrogen and oxygen atoms in total. The van der Waals surface area contributed by atoms with Gasteiger partial charge in [0, 0.05) is 21.8 Å². The molecule has 1 atom stereocenters. The average molecular weight is 481 g/mol. The van der Waals surface area contributed by atoms with Gasteiger partial charge in [-0.25, -0.2) is 0 Å². The zero-order valence-electron chi connectivity index (χ0n) is 20.0. The number of hydrogen-bond donors (Lipinski definition) is 2. The summed E-state index contributed by atoms with van der Waals surface area (Å²) in [7, 11) is 0. The van der Waals surface area contributed by atoms with Crippen molar-refractivity contribution in [3.8, 4) is 0 Å². The topological polar surface area (TPSA) is 58.2 Å². The second-order valence-electron chi connectivity index (χ2n) is 8.56. The average Bonchev–Trinajstić information content (AvgIpc) is 2.85.